The third kappa shape index (κ3) is 2.70. The van der Waals surface area contributed by atoms with Crippen LogP contribution in [0.3, 0.4) is 0 Å². The van der Waals surface area contributed by atoms with Gasteiger partial charge in [0.25, 0.3) is 5.91 Å². The molecular weight excluding hydrogens is 276 g/mol. The van der Waals surface area contributed by atoms with Crippen LogP contribution >= 0.6 is 0 Å². The Kier molecular flexibility index (Phi) is 3.52. The van der Waals surface area contributed by atoms with Gasteiger partial charge >= 0.3 is 0 Å². The van der Waals surface area contributed by atoms with Gasteiger partial charge in [0.1, 0.15) is 5.60 Å². The van der Waals surface area contributed by atoms with E-state index >= 15 is 0 Å². The van der Waals surface area contributed by atoms with Gasteiger partial charge in [0.2, 0.25) is 5.76 Å². The van der Waals surface area contributed by atoms with Gasteiger partial charge in [-0.25, -0.2) is 0 Å². The van der Waals surface area contributed by atoms with Crippen LogP contribution in [0.2, 0.25) is 0 Å². The Morgan fingerprint density at radius 3 is 3.10 bits per heavy atom. The quantitative estimate of drug-likeness (QED) is 0.879. The minimum absolute atomic E-state index is 0.107. The van der Waals surface area contributed by atoms with Crippen LogP contribution in [0.15, 0.2) is 33.4 Å². The van der Waals surface area contributed by atoms with Crippen molar-refractivity contribution in [1.29, 1.82) is 0 Å². The monoisotopic (exact) mass is 292 g/mol. The Bertz CT molecular complexity index is 621. The van der Waals surface area contributed by atoms with Crippen LogP contribution in [0.5, 0.6) is 0 Å². The summed E-state index contributed by atoms with van der Waals surface area (Å²) in [4.78, 5) is 12.0. The zero-order chi connectivity index (χ0) is 14.9. The second kappa shape index (κ2) is 5.34. The molecule has 2 atom stereocenters. The van der Waals surface area contributed by atoms with E-state index in [2.05, 4.69) is 10.5 Å². The maximum absolute atomic E-state index is 12.0. The summed E-state index contributed by atoms with van der Waals surface area (Å²) in [7, 11) is 0. The van der Waals surface area contributed by atoms with Gasteiger partial charge < -0.3 is 24.1 Å². The molecule has 0 bridgehead atoms. The van der Waals surface area contributed by atoms with Crippen LogP contribution in [0, 0.1) is 0 Å². The Hall–Kier alpha value is -2.12. The topological polar surface area (TPSA) is 97.7 Å². The number of hydrogen-bond acceptors (Lipinski definition) is 6. The number of nitrogens with zero attached hydrogens (tertiary/aromatic N) is 1. The summed E-state index contributed by atoms with van der Waals surface area (Å²) < 4.78 is 15.5. The summed E-state index contributed by atoms with van der Waals surface area (Å²) in [6, 6.07) is 4.92. The van der Waals surface area contributed by atoms with Crippen LogP contribution < -0.4 is 5.32 Å². The van der Waals surface area contributed by atoms with E-state index in [-0.39, 0.29) is 18.3 Å². The summed E-state index contributed by atoms with van der Waals surface area (Å²) in [5.74, 6) is 0.462. The lowest BCUT2D eigenvalue weighted by Gasteiger charge is -2.25. The molecule has 1 saturated heterocycles. The molecule has 2 aromatic rings. The molecule has 1 fully saturated rings. The first-order chi connectivity index (χ1) is 10.1. The summed E-state index contributed by atoms with van der Waals surface area (Å²) in [6.45, 7) is 2.38. The molecule has 112 valence electrons. The fourth-order valence-corrected chi connectivity index (χ4v) is 2.24. The fraction of sp³-hybridized carbons (Fsp3) is 0.429. The molecule has 2 aromatic heterocycles. The lowest BCUT2D eigenvalue weighted by molar-refractivity contribution is -0.0252. The molecule has 2 unspecified atom stereocenters. The zero-order valence-electron chi connectivity index (χ0n) is 11.5. The van der Waals surface area contributed by atoms with Crippen molar-refractivity contribution in [3.63, 3.8) is 0 Å². The van der Waals surface area contributed by atoms with Crippen LogP contribution in [0.1, 0.15) is 23.8 Å². The van der Waals surface area contributed by atoms with Gasteiger partial charge in [-0.05, 0) is 19.1 Å². The van der Waals surface area contributed by atoms with E-state index in [0.29, 0.717) is 24.5 Å². The Morgan fingerprint density at radius 2 is 2.43 bits per heavy atom. The van der Waals surface area contributed by atoms with E-state index in [9.17, 15) is 9.90 Å². The summed E-state index contributed by atoms with van der Waals surface area (Å²) in [5.41, 5.74) is -0.903. The fourth-order valence-electron chi connectivity index (χ4n) is 2.24. The predicted octanol–water partition coefficient (Wildman–Crippen LogP) is 1.20. The second-order valence-electron chi connectivity index (χ2n) is 5.10. The van der Waals surface area contributed by atoms with Crippen molar-refractivity contribution in [2.24, 2.45) is 0 Å². The number of carbonyl (C=O) groups is 1. The molecule has 0 radical (unpaired) electrons. The number of hydrogen-bond donors (Lipinski definition) is 2. The lowest BCUT2D eigenvalue weighted by Crippen LogP contribution is -2.47. The molecule has 3 rings (SSSR count). The van der Waals surface area contributed by atoms with Crippen molar-refractivity contribution in [3.8, 4) is 11.5 Å². The first kappa shape index (κ1) is 13.8. The molecule has 7 heteroatoms. The lowest BCUT2D eigenvalue weighted by atomic mass is 9.97. The zero-order valence-corrected chi connectivity index (χ0v) is 11.5. The number of amides is 1. The van der Waals surface area contributed by atoms with E-state index in [1.807, 2.05) is 0 Å². The van der Waals surface area contributed by atoms with E-state index < -0.39 is 11.5 Å². The maximum atomic E-state index is 12.0. The van der Waals surface area contributed by atoms with Gasteiger partial charge in [0, 0.05) is 25.6 Å². The number of nitrogens with one attached hydrogen (secondary N) is 1. The molecular formula is C14H16N2O5. The maximum Gasteiger partial charge on any atom is 0.273 e. The molecule has 0 saturated carbocycles. The van der Waals surface area contributed by atoms with E-state index in [1.165, 1.54) is 12.3 Å². The first-order valence-corrected chi connectivity index (χ1v) is 6.71. The Balaban J connectivity index is 1.64. The molecule has 3 heterocycles. The van der Waals surface area contributed by atoms with Gasteiger partial charge in [0.05, 0.1) is 12.4 Å². The molecule has 7 nitrogen and oxygen atoms in total. The standard InChI is InChI=1S/C14H16N2O5/c1-9-14(18,4-6-19-9)8-15-13(17)10-7-12(21-16-10)11-3-2-5-20-11/h2-3,5,7,9,18H,4,6,8H2,1H3,(H,15,17). The second-order valence-corrected chi connectivity index (χ2v) is 5.10. The number of aliphatic hydroxyl groups is 1. The summed E-state index contributed by atoms with van der Waals surface area (Å²) in [5, 5.41) is 16.7. The number of rotatable bonds is 4. The van der Waals surface area contributed by atoms with Crippen LogP contribution in [0.25, 0.3) is 11.5 Å². The largest absolute Gasteiger partial charge is 0.461 e. The molecule has 1 amide bonds. The number of ether oxygens (including phenoxy) is 1. The normalized spacial score (nSPS) is 25.1. The average molecular weight is 292 g/mol. The van der Waals surface area contributed by atoms with Crippen molar-refractivity contribution in [1.82, 2.24) is 10.5 Å². The molecule has 1 aliphatic heterocycles. The summed E-state index contributed by atoms with van der Waals surface area (Å²) in [6.07, 6.45) is 1.69. The molecule has 1 aliphatic rings. The van der Waals surface area contributed by atoms with Crippen molar-refractivity contribution < 1.29 is 23.6 Å². The van der Waals surface area contributed by atoms with Gasteiger partial charge in [-0.3, -0.25) is 4.79 Å². The first-order valence-electron chi connectivity index (χ1n) is 6.71. The Labute approximate surface area is 120 Å². The molecule has 0 aliphatic carbocycles. The highest BCUT2D eigenvalue weighted by Crippen LogP contribution is 2.25. The third-order valence-electron chi connectivity index (χ3n) is 3.72. The summed E-state index contributed by atoms with van der Waals surface area (Å²) >= 11 is 0. The van der Waals surface area contributed by atoms with Crippen molar-refractivity contribution in [3.05, 3.63) is 30.2 Å². The van der Waals surface area contributed by atoms with Crippen molar-refractivity contribution >= 4 is 5.91 Å². The minimum Gasteiger partial charge on any atom is -0.461 e. The highest BCUT2D eigenvalue weighted by atomic mass is 16.5. The highest BCUT2D eigenvalue weighted by molar-refractivity contribution is 5.92. The van der Waals surface area contributed by atoms with Gasteiger partial charge in [-0.2, -0.15) is 0 Å². The molecule has 21 heavy (non-hydrogen) atoms. The average Bonchev–Trinajstić information content (AvgIpc) is 3.18. The Morgan fingerprint density at radius 1 is 1.57 bits per heavy atom. The highest BCUT2D eigenvalue weighted by Gasteiger charge is 2.39. The van der Waals surface area contributed by atoms with Crippen molar-refractivity contribution in [2.45, 2.75) is 25.0 Å². The van der Waals surface area contributed by atoms with Crippen molar-refractivity contribution in [2.75, 3.05) is 13.2 Å². The number of carbonyl (C=O) groups excluding carboxylic acids is 1. The number of furan rings is 1. The molecule has 0 spiro atoms. The van der Waals surface area contributed by atoms with Gasteiger partial charge in [-0.15, -0.1) is 0 Å². The van der Waals surface area contributed by atoms with E-state index in [1.54, 1.807) is 19.1 Å². The van der Waals surface area contributed by atoms with Crippen LogP contribution in [-0.2, 0) is 4.74 Å². The smallest absolute Gasteiger partial charge is 0.273 e. The van der Waals surface area contributed by atoms with E-state index in [0.717, 1.165) is 0 Å². The van der Waals surface area contributed by atoms with Gasteiger partial charge in [0.15, 0.2) is 11.5 Å². The number of aromatic nitrogens is 1. The van der Waals surface area contributed by atoms with Crippen LogP contribution in [0.4, 0.5) is 0 Å². The third-order valence-corrected chi connectivity index (χ3v) is 3.72. The molecule has 2 N–H and O–H groups in total. The van der Waals surface area contributed by atoms with E-state index in [4.69, 9.17) is 13.7 Å². The molecule has 0 aromatic carbocycles. The van der Waals surface area contributed by atoms with Crippen LogP contribution in [-0.4, -0.2) is 41.0 Å². The SMILES string of the molecule is CC1OCCC1(O)CNC(=O)c1cc(-c2ccco2)on1. The predicted molar refractivity (Wildman–Crippen MR) is 71.5 cm³/mol. The van der Waals surface area contributed by atoms with Gasteiger partial charge in [-0.1, -0.05) is 5.16 Å². The minimum atomic E-state index is -1.04.